The van der Waals surface area contributed by atoms with Crippen LogP contribution in [0.1, 0.15) is 40.2 Å². The standard InChI is InChI=1S/C31H26BrClN2O5/c1-16-10-23(32)24(33)14-25(16)34-26(36)15-40-31(39)18-8-5-9-20(11-18)35-29(37)27-19-12-21(17-6-3-2-4-7-17)22(13-19)28(27)30(35)38/h2-11,14,19,21-22,27-28H,12-13,15H2,1H3,(H,34,36)/t19-,21+,22+,27+,28-/m0/s1. The van der Waals surface area contributed by atoms with Gasteiger partial charge < -0.3 is 10.1 Å². The molecule has 3 aromatic carbocycles. The van der Waals surface area contributed by atoms with Crippen molar-refractivity contribution < 1.29 is 23.9 Å². The van der Waals surface area contributed by atoms with E-state index in [4.69, 9.17) is 16.3 Å². The van der Waals surface area contributed by atoms with Crippen molar-refractivity contribution in [2.24, 2.45) is 23.7 Å². The molecule has 0 aromatic heterocycles. The number of halogens is 2. The molecule has 0 radical (unpaired) electrons. The number of esters is 1. The summed E-state index contributed by atoms with van der Waals surface area (Å²) in [6, 6.07) is 19.9. The third kappa shape index (κ3) is 4.63. The number of anilines is 2. The van der Waals surface area contributed by atoms with Gasteiger partial charge in [-0.25, -0.2) is 4.79 Å². The van der Waals surface area contributed by atoms with Gasteiger partial charge in [-0.3, -0.25) is 19.3 Å². The van der Waals surface area contributed by atoms with E-state index in [9.17, 15) is 19.2 Å². The van der Waals surface area contributed by atoms with Crippen LogP contribution in [0.4, 0.5) is 11.4 Å². The maximum absolute atomic E-state index is 13.6. The average molecular weight is 622 g/mol. The van der Waals surface area contributed by atoms with Crippen LogP contribution in [-0.4, -0.2) is 30.3 Å². The Kier molecular flexibility index (Phi) is 7.00. The van der Waals surface area contributed by atoms with Crippen LogP contribution in [-0.2, 0) is 19.1 Å². The van der Waals surface area contributed by atoms with Crippen molar-refractivity contribution in [3.63, 3.8) is 0 Å². The van der Waals surface area contributed by atoms with Crippen molar-refractivity contribution in [3.05, 3.63) is 92.9 Å². The summed E-state index contributed by atoms with van der Waals surface area (Å²) < 4.78 is 5.93. The first-order chi connectivity index (χ1) is 19.2. The Labute approximate surface area is 245 Å². The van der Waals surface area contributed by atoms with Gasteiger partial charge in [0.05, 0.1) is 28.1 Å². The van der Waals surface area contributed by atoms with E-state index in [1.54, 1.807) is 24.3 Å². The number of nitrogens with one attached hydrogen (secondary N) is 1. The monoisotopic (exact) mass is 620 g/mol. The van der Waals surface area contributed by atoms with E-state index in [2.05, 4.69) is 33.4 Å². The number of carbonyl (C=O) groups excluding carboxylic acids is 4. The molecular weight excluding hydrogens is 596 g/mol. The summed E-state index contributed by atoms with van der Waals surface area (Å²) >= 11 is 9.45. The van der Waals surface area contributed by atoms with E-state index < -0.39 is 18.5 Å². The highest BCUT2D eigenvalue weighted by Crippen LogP contribution is 2.61. The fourth-order valence-electron chi connectivity index (χ4n) is 6.75. The predicted octanol–water partition coefficient (Wildman–Crippen LogP) is 6.14. The van der Waals surface area contributed by atoms with Gasteiger partial charge in [-0.05, 0) is 94.9 Å². The van der Waals surface area contributed by atoms with Crippen molar-refractivity contribution in [1.82, 2.24) is 0 Å². The van der Waals surface area contributed by atoms with Crippen molar-refractivity contribution in [3.8, 4) is 0 Å². The zero-order valence-corrected chi connectivity index (χ0v) is 23.9. The highest BCUT2D eigenvalue weighted by atomic mass is 79.9. The lowest BCUT2D eigenvalue weighted by Crippen LogP contribution is -2.33. The first-order valence-corrected chi connectivity index (χ1v) is 14.4. The molecule has 3 amide bonds. The summed E-state index contributed by atoms with van der Waals surface area (Å²) in [7, 11) is 0. The first-order valence-electron chi connectivity index (χ1n) is 13.2. The fourth-order valence-corrected chi connectivity index (χ4v) is 7.37. The Morgan fingerprint density at radius 1 is 1.00 bits per heavy atom. The Morgan fingerprint density at radius 3 is 2.52 bits per heavy atom. The van der Waals surface area contributed by atoms with Crippen LogP contribution in [0.2, 0.25) is 5.02 Å². The number of benzene rings is 3. The van der Waals surface area contributed by atoms with E-state index in [1.165, 1.54) is 22.6 Å². The third-order valence-electron chi connectivity index (χ3n) is 8.46. The van der Waals surface area contributed by atoms with Crippen LogP contribution >= 0.6 is 27.5 Å². The molecule has 9 heteroatoms. The molecule has 2 bridgehead atoms. The molecule has 6 rings (SSSR count). The van der Waals surface area contributed by atoms with Crippen molar-refractivity contribution in [2.45, 2.75) is 25.7 Å². The van der Waals surface area contributed by atoms with Crippen LogP contribution in [0.5, 0.6) is 0 Å². The normalized spacial score (nSPS) is 24.8. The third-order valence-corrected chi connectivity index (χ3v) is 9.66. The number of nitrogens with zero attached hydrogens (tertiary/aromatic N) is 1. The van der Waals surface area contributed by atoms with E-state index in [-0.39, 0.29) is 47.0 Å². The Balaban J connectivity index is 1.13. The molecule has 1 aliphatic heterocycles. The van der Waals surface area contributed by atoms with Crippen molar-refractivity contribution in [1.29, 1.82) is 0 Å². The average Bonchev–Trinajstić information content (AvgIpc) is 3.62. The minimum atomic E-state index is -0.730. The number of imide groups is 1. The number of ether oxygens (including phenoxy) is 1. The lowest BCUT2D eigenvalue weighted by molar-refractivity contribution is -0.123. The lowest BCUT2D eigenvalue weighted by atomic mass is 9.73. The quantitative estimate of drug-likeness (QED) is 0.264. The minimum Gasteiger partial charge on any atom is -0.452 e. The maximum Gasteiger partial charge on any atom is 0.338 e. The fraction of sp³-hybridized carbons (Fsp3) is 0.290. The topological polar surface area (TPSA) is 92.8 Å². The van der Waals surface area contributed by atoms with Gasteiger partial charge in [-0.15, -0.1) is 0 Å². The summed E-state index contributed by atoms with van der Waals surface area (Å²) in [5.74, 6) is -1.71. The summed E-state index contributed by atoms with van der Waals surface area (Å²) in [6.07, 6.45) is 1.80. The molecule has 1 heterocycles. The lowest BCUT2D eigenvalue weighted by Gasteiger charge is -2.28. The van der Waals surface area contributed by atoms with Crippen LogP contribution in [0, 0.1) is 30.6 Å². The number of amides is 3. The number of rotatable bonds is 6. The number of aryl methyl sites for hydroxylation is 1. The Hall–Kier alpha value is -3.49. The highest BCUT2D eigenvalue weighted by molar-refractivity contribution is 9.10. The summed E-state index contributed by atoms with van der Waals surface area (Å²) in [5.41, 5.74) is 3.02. The van der Waals surface area contributed by atoms with Crippen molar-refractivity contribution >= 4 is 62.6 Å². The van der Waals surface area contributed by atoms with Crippen LogP contribution < -0.4 is 10.2 Å². The smallest absolute Gasteiger partial charge is 0.338 e. The second-order valence-corrected chi connectivity index (χ2v) is 12.0. The number of hydrogen-bond donors (Lipinski definition) is 1. The molecular formula is C31H26BrClN2O5. The zero-order chi connectivity index (χ0) is 28.1. The summed E-state index contributed by atoms with van der Waals surface area (Å²) in [6.45, 7) is 1.31. The molecule has 5 atom stereocenters. The molecule has 1 N–H and O–H groups in total. The van der Waals surface area contributed by atoms with Gasteiger partial charge in [-0.2, -0.15) is 0 Å². The van der Waals surface area contributed by atoms with Gasteiger partial charge in [0.1, 0.15) is 0 Å². The summed E-state index contributed by atoms with van der Waals surface area (Å²) in [4.78, 5) is 53.6. The van der Waals surface area contributed by atoms with Gasteiger partial charge in [-0.1, -0.05) is 48.0 Å². The van der Waals surface area contributed by atoms with E-state index >= 15 is 0 Å². The van der Waals surface area contributed by atoms with Gasteiger partial charge in [0.25, 0.3) is 5.91 Å². The SMILES string of the molecule is Cc1cc(Br)c(Cl)cc1NC(=O)COC(=O)c1cccc(N2C(=O)[C@@H]3[C@@H]4C[C@@H]([C@@H]3C2=O)[C@@H](c2ccccc2)C4)c1. The second kappa shape index (κ2) is 10.5. The van der Waals surface area contributed by atoms with E-state index in [0.29, 0.717) is 20.9 Å². The molecule has 0 unspecified atom stereocenters. The largest absolute Gasteiger partial charge is 0.452 e. The summed E-state index contributed by atoms with van der Waals surface area (Å²) in [5, 5.41) is 3.12. The number of fused-ring (bicyclic) bond motifs is 5. The molecule has 204 valence electrons. The predicted molar refractivity (Wildman–Crippen MR) is 154 cm³/mol. The molecule has 0 spiro atoms. The maximum atomic E-state index is 13.6. The van der Waals surface area contributed by atoms with Crippen LogP contribution in [0.25, 0.3) is 0 Å². The zero-order valence-electron chi connectivity index (χ0n) is 21.6. The second-order valence-electron chi connectivity index (χ2n) is 10.7. The van der Waals surface area contributed by atoms with Crippen LogP contribution in [0.15, 0.2) is 71.2 Å². The highest BCUT2D eigenvalue weighted by Gasteiger charge is 2.64. The molecule has 2 saturated carbocycles. The molecule has 40 heavy (non-hydrogen) atoms. The van der Waals surface area contributed by atoms with E-state index in [1.807, 2.05) is 25.1 Å². The van der Waals surface area contributed by atoms with E-state index in [0.717, 1.165) is 18.4 Å². The van der Waals surface area contributed by atoms with Gasteiger partial charge in [0, 0.05) is 10.2 Å². The first kappa shape index (κ1) is 26.7. The molecule has 3 fully saturated rings. The molecule has 1 saturated heterocycles. The van der Waals surface area contributed by atoms with Gasteiger partial charge in [0.15, 0.2) is 6.61 Å². The minimum absolute atomic E-state index is 0.134. The molecule has 2 aliphatic carbocycles. The Bertz CT molecular complexity index is 1540. The Morgan fingerprint density at radius 2 is 1.75 bits per heavy atom. The number of carbonyl (C=O) groups is 4. The molecule has 7 nitrogen and oxygen atoms in total. The van der Waals surface area contributed by atoms with Crippen molar-refractivity contribution in [2.75, 3.05) is 16.8 Å². The molecule has 3 aromatic rings. The van der Waals surface area contributed by atoms with Gasteiger partial charge >= 0.3 is 5.97 Å². The number of hydrogen-bond acceptors (Lipinski definition) is 5. The molecule has 3 aliphatic rings. The van der Waals surface area contributed by atoms with Crippen LogP contribution in [0.3, 0.4) is 0 Å². The van der Waals surface area contributed by atoms with Gasteiger partial charge in [0.2, 0.25) is 11.8 Å².